The van der Waals surface area contributed by atoms with Crippen LogP contribution >= 0.6 is 11.6 Å². The average molecular weight is 411 g/mol. The second-order valence-corrected chi connectivity index (χ2v) is 7.83. The molecule has 1 aromatic carbocycles. The van der Waals surface area contributed by atoms with E-state index in [2.05, 4.69) is 15.8 Å². The molecule has 0 saturated carbocycles. The zero-order chi connectivity index (χ0) is 20.1. The number of aliphatic hydroxyl groups is 3. The number of hydrogen-bond donors (Lipinski definition) is 6. The van der Waals surface area contributed by atoms with E-state index in [4.69, 9.17) is 16.3 Å². The lowest BCUT2D eigenvalue weighted by Gasteiger charge is -2.37. The number of ether oxygens (including phenoxy) is 1. The van der Waals surface area contributed by atoms with Crippen LogP contribution < -0.4 is 10.8 Å². The molecule has 1 aromatic rings. The SMILES string of the molecule is C[C@@]1(O)[C@@H]([C@H](O)c2ccc(Cl)cc2)O[C@@H](N2C=CC3C(NO)=NCNC32)[C@@H]1O. The van der Waals surface area contributed by atoms with E-state index in [1.165, 1.54) is 6.92 Å². The number of rotatable bonds is 3. The molecule has 0 amide bonds. The summed E-state index contributed by atoms with van der Waals surface area (Å²) in [6.45, 7) is 1.72. The molecular formula is C18H23ClN4O5. The molecule has 0 spiro atoms. The highest BCUT2D eigenvalue weighted by Crippen LogP contribution is 2.41. The molecule has 0 radical (unpaired) electrons. The second-order valence-electron chi connectivity index (χ2n) is 7.39. The maximum atomic E-state index is 10.9. The summed E-state index contributed by atoms with van der Waals surface area (Å²) < 4.78 is 5.97. The van der Waals surface area contributed by atoms with E-state index in [0.717, 1.165) is 0 Å². The predicted molar refractivity (Wildman–Crippen MR) is 100 cm³/mol. The Kier molecular flexibility index (Phi) is 5.09. The van der Waals surface area contributed by atoms with Crippen LogP contribution in [-0.4, -0.2) is 68.1 Å². The molecule has 9 nitrogen and oxygen atoms in total. The summed E-state index contributed by atoms with van der Waals surface area (Å²) in [6, 6.07) is 6.58. The molecule has 0 bridgehead atoms. The van der Waals surface area contributed by atoms with Crippen LogP contribution in [0.25, 0.3) is 0 Å². The van der Waals surface area contributed by atoms with Gasteiger partial charge in [-0.05, 0) is 24.6 Å². The first kappa shape index (κ1) is 19.6. The normalized spacial score (nSPS) is 38.3. The fourth-order valence-corrected chi connectivity index (χ4v) is 4.14. The Morgan fingerprint density at radius 2 is 2.11 bits per heavy atom. The lowest BCUT2D eigenvalue weighted by molar-refractivity contribution is -0.125. The first-order chi connectivity index (χ1) is 13.3. The Hall–Kier alpha value is -1.72. The van der Waals surface area contributed by atoms with Gasteiger partial charge in [0.05, 0.1) is 18.8 Å². The van der Waals surface area contributed by atoms with E-state index in [-0.39, 0.29) is 18.8 Å². The van der Waals surface area contributed by atoms with Crippen LogP contribution in [0, 0.1) is 5.92 Å². The van der Waals surface area contributed by atoms with Crippen molar-refractivity contribution < 1.29 is 25.3 Å². The molecular weight excluding hydrogens is 388 g/mol. The molecule has 152 valence electrons. The Morgan fingerprint density at radius 1 is 1.39 bits per heavy atom. The summed E-state index contributed by atoms with van der Waals surface area (Å²) in [5, 5.41) is 45.5. The molecule has 28 heavy (non-hydrogen) atoms. The van der Waals surface area contributed by atoms with Gasteiger partial charge in [0.15, 0.2) is 6.23 Å². The lowest BCUT2D eigenvalue weighted by atomic mass is 9.88. The number of hydroxylamine groups is 1. The smallest absolute Gasteiger partial charge is 0.160 e. The Morgan fingerprint density at radius 3 is 2.79 bits per heavy atom. The number of aliphatic imine (C=N–C) groups is 1. The van der Waals surface area contributed by atoms with Gasteiger partial charge < -0.3 is 25.0 Å². The number of nitrogens with one attached hydrogen (secondary N) is 2. The number of aliphatic hydroxyl groups excluding tert-OH is 2. The largest absolute Gasteiger partial charge is 0.386 e. The number of nitrogens with zero attached hydrogens (tertiary/aromatic N) is 2. The quantitative estimate of drug-likeness (QED) is 0.382. The first-order valence-corrected chi connectivity index (χ1v) is 9.35. The van der Waals surface area contributed by atoms with Crippen LogP contribution in [0.4, 0.5) is 0 Å². The van der Waals surface area contributed by atoms with Crippen molar-refractivity contribution in [3.05, 3.63) is 47.1 Å². The summed E-state index contributed by atoms with van der Waals surface area (Å²) in [7, 11) is 0. The van der Waals surface area contributed by atoms with Crippen molar-refractivity contribution in [2.24, 2.45) is 10.9 Å². The predicted octanol–water partition coefficient (Wildman–Crippen LogP) is -0.0802. The van der Waals surface area contributed by atoms with Gasteiger partial charge in [0.1, 0.15) is 29.7 Å². The van der Waals surface area contributed by atoms with Crippen LogP contribution in [0.1, 0.15) is 18.6 Å². The molecule has 10 heteroatoms. The summed E-state index contributed by atoms with van der Waals surface area (Å²) in [5.74, 6) is 0.138. The highest BCUT2D eigenvalue weighted by atomic mass is 35.5. The third-order valence-electron chi connectivity index (χ3n) is 5.63. The Labute approximate surface area is 166 Å². The minimum atomic E-state index is -1.70. The molecule has 7 atom stereocenters. The number of hydrogen-bond acceptors (Lipinski definition) is 9. The Balaban J connectivity index is 1.57. The first-order valence-electron chi connectivity index (χ1n) is 8.97. The van der Waals surface area contributed by atoms with Crippen LogP contribution in [0.2, 0.25) is 5.02 Å². The molecule has 3 heterocycles. The summed E-state index contributed by atoms with van der Waals surface area (Å²) >= 11 is 5.90. The molecule has 3 aliphatic rings. The van der Waals surface area contributed by atoms with Crippen LogP contribution in [-0.2, 0) is 4.74 Å². The van der Waals surface area contributed by atoms with E-state index in [1.807, 2.05) is 6.08 Å². The Bertz CT molecular complexity index is 787. The molecule has 2 unspecified atom stereocenters. The van der Waals surface area contributed by atoms with Gasteiger partial charge in [-0.25, -0.2) is 0 Å². The van der Waals surface area contributed by atoms with Crippen LogP contribution in [0.15, 0.2) is 41.5 Å². The van der Waals surface area contributed by atoms with Gasteiger partial charge >= 0.3 is 0 Å². The van der Waals surface area contributed by atoms with Gasteiger partial charge in [-0.1, -0.05) is 29.8 Å². The number of amidine groups is 1. The number of benzene rings is 1. The van der Waals surface area contributed by atoms with Crippen LogP contribution in [0.3, 0.4) is 0 Å². The minimum absolute atomic E-state index is 0.264. The van der Waals surface area contributed by atoms with Crippen molar-refractivity contribution >= 4 is 17.4 Å². The highest BCUT2D eigenvalue weighted by molar-refractivity contribution is 6.30. The zero-order valence-electron chi connectivity index (χ0n) is 15.1. The molecule has 6 N–H and O–H groups in total. The topological polar surface area (TPSA) is 130 Å². The minimum Gasteiger partial charge on any atom is -0.386 e. The van der Waals surface area contributed by atoms with Crippen molar-refractivity contribution in [1.82, 2.24) is 15.7 Å². The molecule has 1 fully saturated rings. The van der Waals surface area contributed by atoms with E-state index in [0.29, 0.717) is 16.4 Å². The molecule has 4 rings (SSSR count). The van der Waals surface area contributed by atoms with Crippen molar-refractivity contribution in [2.45, 2.75) is 43.2 Å². The fraction of sp³-hybridized carbons (Fsp3) is 0.500. The third kappa shape index (κ3) is 3.09. The molecule has 0 aromatic heterocycles. The van der Waals surface area contributed by atoms with E-state index < -0.39 is 30.1 Å². The second kappa shape index (κ2) is 7.27. The monoisotopic (exact) mass is 410 g/mol. The summed E-state index contributed by atoms with van der Waals surface area (Å²) in [4.78, 5) is 5.88. The van der Waals surface area contributed by atoms with Gasteiger partial charge in [0.2, 0.25) is 0 Å². The molecule has 3 aliphatic heterocycles. The standard InChI is InChI=1S/C18H23ClN4O5/c1-18(26)13(25)17(23-7-6-11-15(22-27)20-8-21-16(11)23)28-14(18)12(24)9-2-4-10(19)5-3-9/h2-7,11-14,16-17,21,24-27H,8H2,1H3,(H,20,22)/t11?,12-,13+,14-,16?,17-,18+/m1/s1. The maximum Gasteiger partial charge on any atom is 0.160 e. The summed E-state index contributed by atoms with van der Waals surface area (Å²) in [6.07, 6.45) is -1.20. The zero-order valence-corrected chi connectivity index (χ0v) is 15.9. The van der Waals surface area contributed by atoms with Crippen molar-refractivity contribution in [1.29, 1.82) is 0 Å². The highest BCUT2D eigenvalue weighted by Gasteiger charge is 2.58. The summed E-state index contributed by atoms with van der Waals surface area (Å²) in [5.41, 5.74) is 0.918. The number of halogens is 1. The van der Waals surface area contributed by atoms with Gasteiger partial charge in [-0.15, -0.1) is 0 Å². The van der Waals surface area contributed by atoms with E-state index in [9.17, 15) is 20.5 Å². The van der Waals surface area contributed by atoms with Gasteiger partial charge in [-0.3, -0.25) is 21.0 Å². The van der Waals surface area contributed by atoms with E-state index in [1.54, 1.807) is 35.4 Å². The maximum absolute atomic E-state index is 10.9. The van der Waals surface area contributed by atoms with Crippen molar-refractivity contribution in [3.8, 4) is 0 Å². The van der Waals surface area contributed by atoms with Crippen molar-refractivity contribution in [3.63, 3.8) is 0 Å². The van der Waals surface area contributed by atoms with Crippen LogP contribution in [0.5, 0.6) is 0 Å². The molecule has 1 saturated heterocycles. The van der Waals surface area contributed by atoms with Gasteiger partial charge in [0, 0.05) is 11.2 Å². The number of fused-ring (bicyclic) bond motifs is 1. The van der Waals surface area contributed by atoms with E-state index >= 15 is 0 Å². The lowest BCUT2D eigenvalue weighted by Crippen LogP contribution is -2.57. The average Bonchev–Trinajstić information content (AvgIpc) is 3.21. The fourth-order valence-electron chi connectivity index (χ4n) is 4.01. The van der Waals surface area contributed by atoms with Crippen molar-refractivity contribution in [2.75, 3.05) is 6.67 Å². The third-order valence-corrected chi connectivity index (χ3v) is 5.88. The molecule has 0 aliphatic carbocycles. The van der Waals surface area contributed by atoms with Gasteiger partial charge in [0.25, 0.3) is 0 Å². The van der Waals surface area contributed by atoms with Gasteiger partial charge in [-0.2, -0.15) is 0 Å².